The maximum absolute atomic E-state index is 12.9. The molecule has 1 aliphatic rings. The fourth-order valence-electron chi connectivity index (χ4n) is 3.99. The van der Waals surface area contributed by atoms with Crippen molar-refractivity contribution in [2.24, 2.45) is 5.92 Å². The van der Waals surface area contributed by atoms with E-state index in [2.05, 4.69) is 63.8 Å². The summed E-state index contributed by atoms with van der Waals surface area (Å²) >= 11 is 1.75. The van der Waals surface area contributed by atoms with Crippen molar-refractivity contribution in [1.82, 2.24) is 14.8 Å². The lowest BCUT2D eigenvalue weighted by Crippen LogP contribution is -2.39. The monoisotopic (exact) mass is 443 g/mol. The van der Waals surface area contributed by atoms with E-state index in [0.29, 0.717) is 24.5 Å². The van der Waals surface area contributed by atoms with Gasteiger partial charge in [0.1, 0.15) is 10.6 Å². The number of allylic oxidation sites excluding steroid dienone is 1. The maximum atomic E-state index is 12.9. The molecule has 0 unspecified atom stereocenters. The van der Waals surface area contributed by atoms with Crippen molar-refractivity contribution in [3.8, 4) is 0 Å². The van der Waals surface area contributed by atoms with Gasteiger partial charge in [0.2, 0.25) is 0 Å². The standard InChI is InChI=1S/C25H37N3O2S/c1-16(2)27(17(3)4)15-23-26-20-13-19(10-12-22(20)31-23)21-11-9-18(5)14-28(21)24(29)30-25(6,7)8/h10-13,16-18H,9,14-15H2,1-8H3/t18-/m0/s1. The highest BCUT2D eigenvalue weighted by Gasteiger charge is 2.29. The Morgan fingerprint density at radius 1 is 1.26 bits per heavy atom. The number of carbonyl (C=O) groups is 1. The quantitative estimate of drug-likeness (QED) is 0.527. The molecule has 5 nitrogen and oxygen atoms in total. The number of nitrogens with zero attached hydrogens (tertiary/aromatic N) is 3. The third kappa shape index (κ3) is 5.86. The summed E-state index contributed by atoms with van der Waals surface area (Å²) in [5.41, 5.74) is 2.42. The highest BCUT2D eigenvalue weighted by molar-refractivity contribution is 7.18. The zero-order valence-corrected chi connectivity index (χ0v) is 21.0. The van der Waals surface area contributed by atoms with Gasteiger partial charge in [-0.15, -0.1) is 11.3 Å². The van der Waals surface area contributed by atoms with Crippen LogP contribution in [0.1, 0.15) is 72.4 Å². The molecule has 1 atom stereocenters. The third-order valence-electron chi connectivity index (χ3n) is 5.48. The Bertz CT molecular complexity index is 947. The van der Waals surface area contributed by atoms with Crippen LogP contribution in [0.2, 0.25) is 0 Å². The van der Waals surface area contributed by atoms with Crippen LogP contribution >= 0.6 is 11.3 Å². The zero-order chi connectivity index (χ0) is 22.9. The number of ether oxygens (including phenoxy) is 1. The van der Waals surface area contributed by atoms with Crippen molar-refractivity contribution in [1.29, 1.82) is 0 Å². The molecule has 1 aromatic carbocycles. The molecule has 1 aliphatic heterocycles. The van der Waals surface area contributed by atoms with Gasteiger partial charge in [-0.2, -0.15) is 0 Å². The van der Waals surface area contributed by atoms with E-state index in [9.17, 15) is 4.79 Å². The molecule has 0 saturated heterocycles. The van der Waals surface area contributed by atoms with Crippen molar-refractivity contribution in [3.05, 3.63) is 34.8 Å². The van der Waals surface area contributed by atoms with E-state index in [1.807, 2.05) is 20.8 Å². The molecule has 2 aromatic rings. The van der Waals surface area contributed by atoms with Gasteiger partial charge in [0.25, 0.3) is 0 Å². The van der Waals surface area contributed by atoms with Crippen molar-refractivity contribution in [2.45, 2.75) is 86.0 Å². The molecule has 0 spiro atoms. The summed E-state index contributed by atoms with van der Waals surface area (Å²) in [5.74, 6) is 0.406. The summed E-state index contributed by atoms with van der Waals surface area (Å²) in [5, 5.41) is 1.13. The van der Waals surface area contributed by atoms with Crippen LogP contribution in [0.25, 0.3) is 15.9 Å². The lowest BCUT2D eigenvalue weighted by atomic mass is 9.98. The number of carbonyl (C=O) groups excluding carboxylic acids is 1. The fourth-order valence-corrected chi connectivity index (χ4v) is 4.95. The second-order valence-electron chi connectivity index (χ2n) is 10.2. The van der Waals surface area contributed by atoms with Crippen LogP contribution in [-0.4, -0.2) is 45.1 Å². The summed E-state index contributed by atoms with van der Waals surface area (Å²) in [7, 11) is 0. The molecule has 0 aliphatic carbocycles. The summed E-state index contributed by atoms with van der Waals surface area (Å²) in [6.45, 7) is 18.3. The molecule has 1 amide bonds. The van der Waals surface area contributed by atoms with Crippen LogP contribution in [0.4, 0.5) is 4.79 Å². The third-order valence-corrected chi connectivity index (χ3v) is 6.51. The first-order chi connectivity index (χ1) is 14.4. The Balaban J connectivity index is 1.89. The molecule has 0 radical (unpaired) electrons. The van der Waals surface area contributed by atoms with Crippen molar-refractivity contribution in [2.75, 3.05) is 6.54 Å². The lowest BCUT2D eigenvalue weighted by molar-refractivity contribution is 0.0327. The smallest absolute Gasteiger partial charge is 0.414 e. The number of fused-ring (bicyclic) bond motifs is 1. The number of hydrogen-bond acceptors (Lipinski definition) is 5. The summed E-state index contributed by atoms with van der Waals surface area (Å²) < 4.78 is 6.86. The van der Waals surface area contributed by atoms with Gasteiger partial charge in [0.05, 0.1) is 22.5 Å². The molecule has 170 valence electrons. The van der Waals surface area contributed by atoms with E-state index in [1.165, 1.54) is 4.70 Å². The zero-order valence-electron chi connectivity index (χ0n) is 20.2. The molecular weight excluding hydrogens is 406 g/mol. The number of benzene rings is 1. The second kappa shape index (κ2) is 9.29. The first-order valence-electron chi connectivity index (χ1n) is 11.3. The van der Waals surface area contributed by atoms with Gasteiger partial charge in [0, 0.05) is 24.2 Å². The SMILES string of the molecule is CC(C)N(Cc1nc2cc(C3=CC[C@H](C)CN3C(=O)OC(C)(C)C)ccc2s1)C(C)C. The van der Waals surface area contributed by atoms with Gasteiger partial charge in [-0.3, -0.25) is 9.80 Å². The van der Waals surface area contributed by atoms with Crippen molar-refractivity contribution in [3.63, 3.8) is 0 Å². The molecule has 0 fully saturated rings. The van der Waals surface area contributed by atoms with Gasteiger partial charge in [-0.1, -0.05) is 19.1 Å². The number of thiazole rings is 1. The van der Waals surface area contributed by atoms with Crippen LogP contribution in [0.5, 0.6) is 0 Å². The van der Waals surface area contributed by atoms with E-state index in [4.69, 9.17) is 9.72 Å². The molecule has 0 N–H and O–H groups in total. The number of hydrogen-bond donors (Lipinski definition) is 0. The molecular formula is C25H37N3O2S. The van der Waals surface area contributed by atoms with Gasteiger partial charge in [0.15, 0.2) is 0 Å². The number of rotatable bonds is 5. The molecule has 0 saturated carbocycles. The van der Waals surface area contributed by atoms with Gasteiger partial charge >= 0.3 is 6.09 Å². The fraction of sp³-hybridized carbons (Fsp3) is 0.600. The second-order valence-corrected chi connectivity index (χ2v) is 11.3. The Hall–Kier alpha value is -1.92. The predicted molar refractivity (Wildman–Crippen MR) is 130 cm³/mol. The molecule has 3 rings (SSSR count). The summed E-state index contributed by atoms with van der Waals surface area (Å²) in [6, 6.07) is 7.29. The first-order valence-corrected chi connectivity index (χ1v) is 12.1. The minimum absolute atomic E-state index is 0.283. The molecule has 31 heavy (non-hydrogen) atoms. The summed E-state index contributed by atoms with van der Waals surface area (Å²) in [4.78, 5) is 22.1. The van der Waals surface area contributed by atoms with Crippen LogP contribution in [-0.2, 0) is 11.3 Å². The van der Waals surface area contributed by atoms with Crippen LogP contribution in [0.3, 0.4) is 0 Å². The number of aromatic nitrogens is 1. The lowest BCUT2D eigenvalue weighted by Gasteiger charge is -2.33. The highest BCUT2D eigenvalue weighted by Crippen LogP contribution is 2.32. The van der Waals surface area contributed by atoms with Gasteiger partial charge in [-0.05, 0) is 72.9 Å². The Morgan fingerprint density at radius 3 is 2.55 bits per heavy atom. The number of amides is 1. The van der Waals surface area contributed by atoms with Crippen molar-refractivity contribution < 1.29 is 9.53 Å². The van der Waals surface area contributed by atoms with E-state index in [-0.39, 0.29) is 6.09 Å². The van der Waals surface area contributed by atoms with E-state index in [0.717, 1.165) is 34.8 Å². The minimum atomic E-state index is -0.519. The van der Waals surface area contributed by atoms with Crippen molar-refractivity contribution >= 4 is 33.3 Å². The van der Waals surface area contributed by atoms with E-state index >= 15 is 0 Å². The molecule has 1 aromatic heterocycles. The maximum Gasteiger partial charge on any atom is 0.414 e. The molecule has 6 heteroatoms. The molecule has 0 bridgehead atoms. The minimum Gasteiger partial charge on any atom is -0.443 e. The van der Waals surface area contributed by atoms with E-state index in [1.54, 1.807) is 16.2 Å². The van der Waals surface area contributed by atoms with Gasteiger partial charge in [-0.25, -0.2) is 9.78 Å². The average Bonchev–Trinajstić information content (AvgIpc) is 3.06. The first kappa shape index (κ1) is 23.7. The Labute approximate surface area is 191 Å². The van der Waals surface area contributed by atoms with Crippen LogP contribution in [0, 0.1) is 5.92 Å². The normalized spacial score (nSPS) is 17.7. The highest BCUT2D eigenvalue weighted by atomic mass is 32.1. The van der Waals surface area contributed by atoms with Crippen LogP contribution < -0.4 is 0 Å². The predicted octanol–water partition coefficient (Wildman–Crippen LogP) is 6.53. The topological polar surface area (TPSA) is 45.7 Å². The Kier molecular flexibility index (Phi) is 7.11. The van der Waals surface area contributed by atoms with Crippen LogP contribution in [0.15, 0.2) is 24.3 Å². The van der Waals surface area contributed by atoms with Gasteiger partial charge < -0.3 is 4.74 Å². The average molecular weight is 444 g/mol. The Morgan fingerprint density at radius 2 is 1.94 bits per heavy atom. The summed E-state index contributed by atoms with van der Waals surface area (Å²) in [6.07, 6.45) is 2.83. The largest absolute Gasteiger partial charge is 0.443 e. The molecule has 2 heterocycles. The van der Waals surface area contributed by atoms with E-state index < -0.39 is 5.60 Å².